The lowest BCUT2D eigenvalue weighted by molar-refractivity contribution is -0.660. The highest BCUT2D eigenvalue weighted by atomic mass is 15.4. The first-order chi connectivity index (χ1) is 11.8. The fourth-order valence-corrected chi connectivity index (χ4v) is 4.24. The monoisotopic (exact) mass is 336 g/mol. The second-order valence-electron chi connectivity index (χ2n) is 7.34. The summed E-state index contributed by atoms with van der Waals surface area (Å²) in [7, 11) is 4.30. The molecule has 1 aliphatic heterocycles. The molecule has 0 saturated carbocycles. The van der Waals surface area contributed by atoms with Gasteiger partial charge in [0.25, 0.3) is 0 Å². The second-order valence-corrected chi connectivity index (χ2v) is 7.34. The summed E-state index contributed by atoms with van der Waals surface area (Å²) in [6, 6.07) is 8.74. The summed E-state index contributed by atoms with van der Waals surface area (Å²) in [5.41, 5.74) is 10.7. The van der Waals surface area contributed by atoms with Crippen molar-refractivity contribution in [3.05, 3.63) is 58.5 Å². The van der Waals surface area contributed by atoms with Crippen molar-refractivity contribution < 1.29 is 4.57 Å². The van der Waals surface area contributed by atoms with E-state index in [9.17, 15) is 0 Å². The molecule has 1 aromatic heterocycles. The summed E-state index contributed by atoms with van der Waals surface area (Å²) in [4.78, 5) is 4.85. The molecule has 0 fully saturated rings. The van der Waals surface area contributed by atoms with Gasteiger partial charge in [0.05, 0.1) is 5.56 Å². The van der Waals surface area contributed by atoms with E-state index in [1.807, 2.05) is 0 Å². The second kappa shape index (κ2) is 6.21. The molecule has 1 aliphatic rings. The summed E-state index contributed by atoms with van der Waals surface area (Å²) < 4.78 is 2.21. The molecule has 0 bridgehead atoms. The topological polar surface area (TPSA) is 10.4 Å². The lowest BCUT2D eigenvalue weighted by atomic mass is 9.93. The van der Waals surface area contributed by atoms with E-state index in [0.29, 0.717) is 6.17 Å². The molecule has 0 saturated heterocycles. The number of anilines is 1. The minimum atomic E-state index is 0.331. The first-order valence-corrected chi connectivity index (χ1v) is 9.01. The van der Waals surface area contributed by atoms with Crippen molar-refractivity contribution >= 4 is 5.69 Å². The molecule has 3 rings (SSSR count). The predicted molar refractivity (Wildman–Crippen MR) is 105 cm³/mol. The molecule has 1 aromatic carbocycles. The number of rotatable bonds is 2. The fraction of sp³-hybridized carbons (Fsp3) is 0.409. The van der Waals surface area contributed by atoms with E-state index in [2.05, 4.69) is 100 Å². The summed E-state index contributed by atoms with van der Waals surface area (Å²) >= 11 is 0. The van der Waals surface area contributed by atoms with Gasteiger partial charge in [-0.3, -0.25) is 0 Å². The maximum Gasteiger partial charge on any atom is 0.212 e. The number of aromatic nitrogens is 1. The first-order valence-electron chi connectivity index (χ1n) is 9.01. The smallest absolute Gasteiger partial charge is 0.212 e. The number of hydrogen-bond acceptors (Lipinski definition) is 2. The molecule has 132 valence electrons. The van der Waals surface area contributed by atoms with Crippen LogP contribution in [-0.2, 0) is 7.05 Å². The maximum absolute atomic E-state index is 2.49. The average Bonchev–Trinajstić information content (AvgIpc) is 2.74. The van der Waals surface area contributed by atoms with Gasteiger partial charge in [0.15, 0.2) is 6.20 Å². The Balaban J connectivity index is 2.27. The van der Waals surface area contributed by atoms with Gasteiger partial charge in [0.2, 0.25) is 5.69 Å². The third-order valence-corrected chi connectivity index (χ3v) is 5.83. The van der Waals surface area contributed by atoms with Crippen LogP contribution in [0.3, 0.4) is 0 Å². The van der Waals surface area contributed by atoms with E-state index in [1.165, 1.54) is 45.0 Å². The van der Waals surface area contributed by atoms with Crippen LogP contribution < -0.4 is 9.47 Å². The molecule has 3 nitrogen and oxygen atoms in total. The van der Waals surface area contributed by atoms with Crippen molar-refractivity contribution in [3.63, 3.8) is 0 Å². The zero-order chi connectivity index (χ0) is 18.5. The number of pyridine rings is 1. The zero-order valence-corrected chi connectivity index (χ0v) is 16.8. The number of allylic oxidation sites excluding steroid dienone is 2. The molecule has 2 aromatic rings. The van der Waals surface area contributed by atoms with E-state index in [1.54, 1.807) is 0 Å². The SMILES string of the molecule is CC1=C(C)N(c2c(C)cc(C)c(-c3cccc[n+]3C)c2C)[C@H](C)N1C. The quantitative estimate of drug-likeness (QED) is 0.750. The molecule has 0 N–H and O–H groups in total. The van der Waals surface area contributed by atoms with Crippen LogP contribution in [0, 0.1) is 20.8 Å². The third kappa shape index (κ3) is 2.62. The Bertz CT molecular complexity index is 864. The van der Waals surface area contributed by atoms with Crippen LogP contribution in [-0.4, -0.2) is 18.1 Å². The number of hydrogen-bond donors (Lipinski definition) is 0. The molecule has 0 aliphatic carbocycles. The van der Waals surface area contributed by atoms with Crippen molar-refractivity contribution in [1.29, 1.82) is 0 Å². The molecule has 3 heteroatoms. The fourth-order valence-electron chi connectivity index (χ4n) is 4.24. The van der Waals surface area contributed by atoms with Gasteiger partial charge in [-0.1, -0.05) is 6.07 Å². The van der Waals surface area contributed by atoms with Crippen LogP contribution >= 0.6 is 0 Å². The van der Waals surface area contributed by atoms with Crippen LogP contribution in [0.5, 0.6) is 0 Å². The van der Waals surface area contributed by atoms with Gasteiger partial charge < -0.3 is 9.80 Å². The van der Waals surface area contributed by atoms with Crippen LogP contribution in [0.25, 0.3) is 11.3 Å². The van der Waals surface area contributed by atoms with E-state index in [-0.39, 0.29) is 0 Å². The summed E-state index contributed by atoms with van der Waals surface area (Å²) in [5, 5.41) is 0. The summed E-state index contributed by atoms with van der Waals surface area (Å²) in [5.74, 6) is 0. The molecule has 25 heavy (non-hydrogen) atoms. The minimum Gasteiger partial charge on any atom is -0.356 e. The predicted octanol–water partition coefficient (Wildman–Crippen LogP) is 4.45. The van der Waals surface area contributed by atoms with E-state index >= 15 is 0 Å². The van der Waals surface area contributed by atoms with Gasteiger partial charge >= 0.3 is 0 Å². The molecule has 0 spiro atoms. The normalized spacial score (nSPS) is 17.7. The Morgan fingerprint density at radius 3 is 2.20 bits per heavy atom. The maximum atomic E-state index is 2.49. The first kappa shape index (κ1) is 17.5. The van der Waals surface area contributed by atoms with Crippen molar-refractivity contribution in [1.82, 2.24) is 4.90 Å². The molecule has 0 radical (unpaired) electrons. The number of nitrogens with zero attached hydrogens (tertiary/aromatic N) is 3. The Labute approximate surface area is 152 Å². The number of benzene rings is 1. The summed E-state index contributed by atoms with van der Waals surface area (Å²) in [6.07, 6.45) is 2.45. The van der Waals surface area contributed by atoms with Crippen molar-refractivity contribution in [2.75, 3.05) is 11.9 Å². The van der Waals surface area contributed by atoms with Gasteiger partial charge in [-0.2, -0.15) is 0 Å². The molecule has 0 amide bonds. The molecular formula is C22H30N3+. The van der Waals surface area contributed by atoms with E-state index < -0.39 is 0 Å². The highest BCUT2D eigenvalue weighted by Crippen LogP contribution is 2.41. The Morgan fingerprint density at radius 2 is 1.64 bits per heavy atom. The standard InChI is InChI=1S/C22H30N3/c1-14-13-15(2)22(25-18(5)17(4)24(8)19(25)6)16(3)21(14)20-11-9-10-12-23(20)7/h9-13,19H,1-8H3/q+1/t19-/m1/s1. The largest absolute Gasteiger partial charge is 0.356 e. The Kier molecular flexibility index (Phi) is 4.36. The van der Waals surface area contributed by atoms with Crippen LogP contribution in [0.2, 0.25) is 0 Å². The lowest BCUT2D eigenvalue weighted by Gasteiger charge is -2.32. The van der Waals surface area contributed by atoms with Gasteiger partial charge in [-0.15, -0.1) is 0 Å². The Hall–Kier alpha value is -2.29. The van der Waals surface area contributed by atoms with Crippen LogP contribution in [0.15, 0.2) is 41.9 Å². The van der Waals surface area contributed by atoms with Crippen LogP contribution in [0.1, 0.15) is 37.5 Å². The van der Waals surface area contributed by atoms with Crippen LogP contribution in [0.4, 0.5) is 5.69 Å². The molecule has 0 unspecified atom stereocenters. The zero-order valence-electron chi connectivity index (χ0n) is 16.8. The summed E-state index contributed by atoms with van der Waals surface area (Å²) in [6.45, 7) is 13.4. The van der Waals surface area contributed by atoms with Gasteiger partial charge in [-0.05, 0) is 64.3 Å². The van der Waals surface area contributed by atoms with Crippen molar-refractivity contribution in [2.45, 2.75) is 47.7 Å². The van der Waals surface area contributed by atoms with Crippen molar-refractivity contribution in [3.8, 4) is 11.3 Å². The van der Waals surface area contributed by atoms with Crippen molar-refractivity contribution in [2.24, 2.45) is 7.05 Å². The van der Waals surface area contributed by atoms with E-state index in [4.69, 9.17) is 0 Å². The van der Waals surface area contributed by atoms with Gasteiger partial charge in [0, 0.05) is 36.3 Å². The Morgan fingerprint density at radius 1 is 0.960 bits per heavy atom. The minimum absolute atomic E-state index is 0.331. The molecule has 1 atom stereocenters. The molecular weight excluding hydrogens is 306 g/mol. The third-order valence-electron chi connectivity index (χ3n) is 5.83. The molecule has 2 heterocycles. The average molecular weight is 337 g/mol. The lowest BCUT2D eigenvalue weighted by Crippen LogP contribution is -2.36. The highest BCUT2D eigenvalue weighted by molar-refractivity contribution is 5.78. The van der Waals surface area contributed by atoms with E-state index in [0.717, 1.165) is 0 Å². The van der Waals surface area contributed by atoms with Gasteiger partial charge in [-0.25, -0.2) is 4.57 Å². The highest BCUT2D eigenvalue weighted by Gasteiger charge is 2.32. The van der Waals surface area contributed by atoms with Gasteiger partial charge in [0.1, 0.15) is 13.2 Å². The number of aryl methyl sites for hydroxylation is 3.